The first-order valence-electron chi connectivity index (χ1n) is 8.84. The van der Waals surface area contributed by atoms with Crippen molar-refractivity contribution in [3.05, 3.63) is 29.8 Å². The van der Waals surface area contributed by atoms with Gasteiger partial charge in [0.2, 0.25) is 0 Å². The molecule has 0 atom stereocenters. The Bertz CT molecular complexity index is 663. The average molecular weight is 325 g/mol. The van der Waals surface area contributed by atoms with Crippen LogP contribution in [-0.2, 0) is 9.59 Å². The number of carbonyl (C=O) groups excluding carboxylic acids is 2. The number of nitrogens with one attached hydrogen (secondary N) is 2. The number of hydrazone groups is 1. The molecule has 0 unspecified atom stereocenters. The second kappa shape index (κ2) is 6.04. The van der Waals surface area contributed by atoms with Gasteiger partial charge in [-0.1, -0.05) is 17.7 Å². The van der Waals surface area contributed by atoms with Crippen LogP contribution in [0.5, 0.6) is 0 Å². The Morgan fingerprint density at radius 2 is 1.50 bits per heavy atom. The fraction of sp³-hybridized carbons (Fsp3) is 0.526. The van der Waals surface area contributed by atoms with Gasteiger partial charge in [-0.05, 0) is 74.8 Å². The van der Waals surface area contributed by atoms with Gasteiger partial charge in [-0.25, -0.2) is 5.43 Å². The summed E-state index contributed by atoms with van der Waals surface area (Å²) in [5, 5.41) is 6.96. The number of anilines is 1. The number of aryl methyl sites for hydroxylation is 1. The molecule has 24 heavy (non-hydrogen) atoms. The van der Waals surface area contributed by atoms with E-state index < -0.39 is 11.8 Å². The van der Waals surface area contributed by atoms with E-state index in [9.17, 15) is 9.59 Å². The van der Waals surface area contributed by atoms with Crippen molar-refractivity contribution in [3.8, 4) is 0 Å². The number of nitrogens with zero attached hydrogens (tertiary/aromatic N) is 1. The summed E-state index contributed by atoms with van der Waals surface area (Å²) in [7, 11) is 0. The molecule has 0 aliphatic heterocycles. The third-order valence-corrected chi connectivity index (χ3v) is 5.78. The zero-order valence-corrected chi connectivity index (χ0v) is 13.9. The number of rotatable bonds is 2. The molecule has 0 spiro atoms. The molecule has 2 amide bonds. The summed E-state index contributed by atoms with van der Waals surface area (Å²) in [5.74, 6) is 1.37. The lowest BCUT2D eigenvalue weighted by atomic mass is 9.55. The highest BCUT2D eigenvalue weighted by Crippen LogP contribution is 2.52. The Kier molecular flexibility index (Phi) is 3.87. The van der Waals surface area contributed by atoms with Crippen molar-refractivity contribution in [2.24, 2.45) is 28.8 Å². The summed E-state index contributed by atoms with van der Waals surface area (Å²) < 4.78 is 0. The van der Waals surface area contributed by atoms with E-state index in [0.717, 1.165) is 23.1 Å². The quantitative estimate of drug-likeness (QED) is 0.648. The van der Waals surface area contributed by atoms with Gasteiger partial charge in [0.05, 0.1) is 0 Å². The number of benzene rings is 1. The predicted molar refractivity (Wildman–Crippen MR) is 92.4 cm³/mol. The van der Waals surface area contributed by atoms with Crippen LogP contribution in [0, 0.1) is 30.6 Å². The molecule has 0 aromatic heterocycles. The smallest absolute Gasteiger partial charge is 0.318 e. The normalized spacial score (nSPS) is 30.1. The predicted octanol–water partition coefficient (Wildman–Crippen LogP) is 2.86. The van der Waals surface area contributed by atoms with E-state index >= 15 is 0 Å². The van der Waals surface area contributed by atoms with Crippen molar-refractivity contribution in [1.29, 1.82) is 0 Å². The number of amides is 2. The molecule has 2 N–H and O–H groups in total. The topological polar surface area (TPSA) is 70.6 Å². The van der Waals surface area contributed by atoms with E-state index in [1.807, 2.05) is 19.1 Å². The maximum Gasteiger partial charge on any atom is 0.329 e. The summed E-state index contributed by atoms with van der Waals surface area (Å²) in [5.41, 5.74) is 5.32. The molecule has 0 heterocycles. The Morgan fingerprint density at radius 3 is 2.08 bits per heavy atom. The molecule has 4 aliphatic rings. The monoisotopic (exact) mass is 325 g/mol. The Balaban J connectivity index is 1.37. The van der Waals surface area contributed by atoms with Gasteiger partial charge in [0.25, 0.3) is 0 Å². The first-order valence-corrected chi connectivity index (χ1v) is 8.84. The van der Waals surface area contributed by atoms with E-state index in [2.05, 4.69) is 15.8 Å². The highest BCUT2D eigenvalue weighted by atomic mass is 16.2. The minimum Gasteiger partial charge on any atom is -0.318 e. The van der Waals surface area contributed by atoms with Crippen molar-refractivity contribution in [2.75, 3.05) is 5.32 Å². The molecule has 5 rings (SSSR count). The Morgan fingerprint density at radius 1 is 0.917 bits per heavy atom. The van der Waals surface area contributed by atoms with Gasteiger partial charge in [-0.15, -0.1) is 0 Å². The molecular formula is C19H23N3O2. The van der Waals surface area contributed by atoms with Gasteiger partial charge in [0, 0.05) is 11.4 Å². The summed E-state index contributed by atoms with van der Waals surface area (Å²) in [6, 6.07) is 7.35. The lowest BCUT2D eigenvalue weighted by molar-refractivity contribution is -0.136. The molecule has 5 heteroatoms. The van der Waals surface area contributed by atoms with Gasteiger partial charge >= 0.3 is 11.8 Å². The summed E-state index contributed by atoms with van der Waals surface area (Å²) in [6.45, 7) is 1.97. The number of hydrogen-bond donors (Lipinski definition) is 2. The molecule has 1 aromatic rings. The first-order chi connectivity index (χ1) is 11.6. The SMILES string of the molecule is Cc1ccc(NC(=O)C(=O)NN=C2C3CC4CC(C3)CC2C4)cc1. The molecule has 0 radical (unpaired) electrons. The van der Waals surface area contributed by atoms with Crippen molar-refractivity contribution >= 4 is 23.2 Å². The molecule has 4 saturated carbocycles. The fourth-order valence-electron chi connectivity index (χ4n) is 4.84. The molecular weight excluding hydrogens is 302 g/mol. The summed E-state index contributed by atoms with van der Waals surface area (Å²) >= 11 is 0. The molecule has 4 bridgehead atoms. The maximum atomic E-state index is 12.0. The molecule has 1 aromatic carbocycles. The average Bonchev–Trinajstić information content (AvgIpc) is 2.55. The zero-order valence-electron chi connectivity index (χ0n) is 13.9. The van der Waals surface area contributed by atoms with Crippen LogP contribution in [0.3, 0.4) is 0 Å². The molecule has 5 nitrogen and oxygen atoms in total. The first kappa shape index (κ1) is 15.4. The molecule has 4 aliphatic carbocycles. The lowest BCUT2D eigenvalue weighted by Gasteiger charge is -2.50. The van der Waals surface area contributed by atoms with E-state index in [0.29, 0.717) is 17.5 Å². The van der Waals surface area contributed by atoms with Crippen molar-refractivity contribution < 1.29 is 9.59 Å². The lowest BCUT2D eigenvalue weighted by Crippen LogP contribution is -2.46. The highest BCUT2D eigenvalue weighted by molar-refractivity contribution is 6.39. The van der Waals surface area contributed by atoms with Crippen molar-refractivity contribution in [1.82, 2.24) is 5.43 Å². The minimum atomic E-state index is -0.697. The van der Waals surface area contributed by atoms with Crippen LogP contribution >= 0.6 is 0 Å². The third kappa shape index (κ3) is 2.95. The van der Waals surface area contributed by atoms with Gasteiger partial charge < -0.3 is 5.32 Å². The molecule has 126 valence electrons. The van der Waals surface area contributed by atoms with Gasteiger partial charge in [0.15, 0.2) is 0 Å². The van der Waals surface area contributed by atoms with Crippen LogP contribution in [0.2, 0.25) is 0 Å². The van der Waals surface area contributed by atoms with E-state index in [-0.39, 0.29) is 0 Å². The second-order valence-corrected chi connectivity index (χ2v) is 7.60. The van der Waals surface area contributed by atoms with Crippen LogP contribution < -0.4 is 10.7 Å². The summed E-state index contributed by atoms with van der Waals surface area (Å²) in [6.07, 6.45) is 6.20. The van der Waals surface area contributed by atoms with Crippen LogP contribution in [-0.4, -0.2) is 17.5 Å². The van der Waals surface area contributed by atoms with Gasteiger partial charge in [-0.2, -0.15) is 5.10 Å². The zero-order chi connectivity index (χ0) is 16.7. The van der Waals surface area contributed by atoms with Gasteiger partial charge in [-0.3, -0.25) is 9.59 Å². The highest BCUT2D eigenvalue weighted by Gasteiger charge is 2.46. The van der Waals surface area contributed by atoms with Crippen LogP contribution in [0.1, 0.15) is 37.7 Å². The van der Waals surface area contributed by atoms with E-state index in [4.69, 9.17) is 0 Å². The van der Waals surface area contributed by atoms with Crippen molar-refractivity contribution in [2.45, 2.75) is 39.0 Å². The second-order valence-electron chi connectivity index (χ2n) is 7.60. The molecule has 4 fully saturated rings. The summed E-state index contributed by atoms with van der Waals surface area (Å²) in [4.78, 5) is 24.0. The number of carbonyl (C=O) groups is 2. The van der Waals surface area contributed by atoms with Crippen LogP contribution in [0.4, 0.5) is 5.69 Å². The Labute approximate surface area is 141 Å². The fourth-order valence-corrected chi connectivity index (χ4v) is 4.84. The van der Waals surface area contributed by atoms with Crippen molar-refractivity contribution in [3.63, 3.8) is 0 Å². The largest absolute Gasteiger partial charge is 0.329 e. The maximum absolute atomic E-state index is 12.0. The van der Waals surface area contributed by atoms with E-state index in [1.54, 1.807) is 12.1 Å². The minimum absolute atomic E-state index is 0.515. The van der Waals surface area contributed by atoms with Gasteiger partial charge in [0.1, 0.15) is 0 Å². The van der Waals surface area contributed by atoms with Crippen LogP contribution in [0.15, 0.2) is 29.4 Å². The van der Waals surface area contributed by atoms with Crippen LogP contribution in [0.25, 0.3) is 0 Å². The van der Waals surface area contributed by atoms with E-state index in [1.165, 1.54) is 32.1 Å². The molecule has 0 saturated heterocycles. The Hall–Kier alpha value is -2.17. The standard InChI is InChI=1S/C19H23N3O2/c1-11-2-4-16(5-3-11)20-18(23)19(24)22-21-17-14-7-12-6-13(9-14)10-15(17)8-12/h2-5,12-15H,6-10H2,1H3,(H,20,23)(H,22,24). The third-order valence-electron chi connectivity index (χ3n) is 5.78. The number of hydrogen-bond acceptors (Lipinski definition) is 3.